The second-order valence-electron chi connectivity index (χ2n) is 6.59. The van der Waals surface area contributed by atoms with Crippen molar-refractivity contribution in [1.29, 1.82) is 0 Å². The molecule has 1 heterocycles. The fraction of sp³-hybridized carbons (Fsp3) is 0.625. The molecule has 1 aromatic rings. The van der Waals surface area contributed by atoms with Crippen LogP contribution in [0.25, 0.3) is 0 Å². The highest BCUT2D eigenvalue weighted by molar-refractivity contribution is 5.31. The zero-order valence-corrected chi connectivity index (χ0v) is 13.0. The molecule has 2 rings (SSSR count). The molecule has 1 unspecified atom stereocenters. The summed E-state index contributed by atoms with van der Waals surface area (Å²) in [5.41, 5.74) is 1.15. The van der Waals surface area contributed by atoms with Gasteiger partial charge >= 0.3 is 0 Å². The quantitative estimate of drug-likeness (QED) is 0.635. The van der Waals surface area contributed by atoms with Crippen molar-refractivity contribution >= 4 is 0 Å². The van der Waals surface area contributed by atoms with E-state index in [1.165, 1.54) is 0 Å². The first-order valence-electron chi connectivity index (χ1n) is 7.32. The molecule has 1 fully saturated rings. The van der Waals surface area contributed by atoms with Crippen LogP contribution >= 0.6 is 0 Å². The Morgan fingerprint density at radius 2 is 1.59 bits per heavy atom. The number of ether oxygens (including phenoxy) is 2. The van der Waals surface area contributed by atoms with Crippen molar-refractivity contribution in [2.24, 2.45) is 0 Å². The van der Waals surface area contributed by atoms with Crippen LogP contribution in [0, 0.1) is 0 Å². The lowest BCUT2D eigenvalue weighted by molar-refractivity contribution is -0.277. The highest BCUT2D eigenvalue weighted by Gasteiger charge is 2.44. The number of aliphatic hydroxyl groups excluding tert-OH is 4. The number of aliphatic hydroxyl groups is 4. The number of hydrogen-bond acceptors (Lipinski definition) is 6. The average Bonchev–Trinajstić information content (AvgIpc) is 2.47. The molecule has 1 aliphatic rings. The van der Waals surface area contributed by atoms with E-state index >= 15 is 0 Å². The fourth-order valence-electron chi connectivity index (χ4n) is 2.33. The van der Waals surface area contributed by atoms with Gasteiger partial charge in [-0.05, 0) is 23.1 Å². The van der Waals surface area contributed by atoms with Gasteiger partial charge in [-0.1, -0.05) is 32.9 Å². The lowest BCUT2D eigenvalue weighted by Crippen LogP contribution is -2.60. The van der Waals surface area contributed by atoms with Crippen molar-refractivity contribution in [3.05, 3.63) is 29.8 Å². The molecule has 5 atom stereocenters. The number of hydrogen-bond donors (Lipinski definition) is 4. The van der Waals surface area contributed by atoms with Crippen molar-refractivity contribution in [2.75, 3.05) is 6.61 Å². The summed E-state index contributed by atoms with van der Waals surface area (Å²) in [6.07, 6.45) is -6.36. The molecule has 1 aromatic carbocycles. The monoisotopic (exact) mass is 312 g/mol. The molecule has 0 amide bonds. The molecule has 0 aliphatic carbocycles. The third-order valence-corrected chi connectivity index (χ3v) is 3.82. The summed E-state index contributed by atoms with van der Waals surface area (Å²) in [5, 5.41) is 38.5. The second kappa shape index (κ2) is 6.52. The molecule has 0 aromatic heterocycles. The van der Waals surface area contributed by atoms with Crippen LogP contribution in [0.1, 0.15) is 26.3 Å². The van der Waals surface area contributed by atoms with E-state index in [-0.39, 0.29) is 5.41 Å². The lowest BCUT2D eigenvalue weighted by Gasteiger charge is -2.39. The summed E-state index contributed by atoms with van der Waals surface area (Å²) < 4.78 is 10.8. The topological polar surface area (TPSA) is 99.4 Å². The summed E-state index contributed by atoms with van der Waals surface area (Å²) in [6, 6.07) is 7.34. The molecule has 0 spiro atoms. The molecule has 22 heavy (non-hydrogen) atoms. The van der Waals surface area contributed by atoms with E-state index in [2.05, 4.69) is 20.8 Å². The van der Waals surface area contributed by atoms with Gasteiger partial charge in [0.05, 0.1) is 6.61 Å². The lowest BCUT2D eigenvalue weighted by atomic mass is 9.87. The van der Waals surface area contributed by atoms with Crippen LogP contribution in [-0.4, -0.2) is 57.7 Å². The van der Waals surface area contributed by atoms with Crippen LogP contribution in [0.15, 0.2) is 24.3 Å². The molecule has 1 saturated heterocycles. The highest BCUT2D eigenvalue weighted by Crippen LogP contribution is 2.27. The van der Waals surface area contributed by atoms with Crippen LogP contribution in [0.4, 0.5) is 0 Å². The molecule has 0 saturated carbocycles. The molecule has 0 radical (unpaired) electrons. The Morgan fingerprint density at radius 1 is 1.00 bits per heavy atom. The van der Waals surface area contributed by atoms with Gasteiger partial charge < -0.3 is 29.9 Å². The zero-order valence-electron chi connectivity index (χ0n) is 13.0. The first-order valence-corrected chi connectivity index (χ1v) is 7.32. The maximum absolute atomic E-state index is 9.92. The first-order chi connectivity index (χ1) is 10.2. The van der Waals surface area contributed by atoms with Crippen LogP contribution < -0.4 is 4.74 Å². The van der Waals surface area contributed by atoms with Crippen molar-refractivity contribution in [3.8, 4) is 5.75 Å². The highest BCUT2D eigenvalue weighted by atomic mass is 16.7. The molecular formula is C16H24O6. The summed E-state index contributed by atoms with van der Waals surface area (Å²) in [5.74, 6) is 0.470. The molecule has 6 heteroatoms. The van der Waals surface area contributed by atoms with Crippen molar-refractivity contribution in [1.82, 2.24) is 0 Å². The van der Waals surface area contributed by atoms with Crippen molar-refractivity contribution in [3.63, 3.8) is 0 Å². The Bertz CT molecular complexity index is 478. The summed E-state index contributed by atoms with van der Waals surface area (Å²) in [4.78, 5) is 0. The van der Waals surface area contributed by atoms with E-state index in [1.54, 1.807) is 12.1 Å². The number of benzene rings is 1. The van der Waals surface area contributed by atoms with Crippen LogP contribution in [0.5, 0.6) is 5.75 Å². The molecule has 0 bridgehead atoms. The average molecular weight is 312 g/mol. The van der Waals surface area contributed by atoms with E-state index in [0.717, 1.165) is 5.56 Å². The van der Waals surface area contributed by atoms with Gasteiger partial charge in [0.2, 0.25) is 6.29 Å². The summed E-state index contributed by atoms with van der Waals surface area (Å²) in [7, 11) is 0. The van der Waals surface area contributed by atoms with Gasteiger partial charge in [0, 0.05) is 0 Å². The van der Waals surface area contributed by atoms with E-state index in [9.17, 15) is 15.3 Å². The Hall–Kier alpha value is -1.18. The van der Waals surface area contributed by atoms with Crippen LogP contribution in [0.3, 0.4) is 0 Å². The van der Waals surface area contributed by atoms with Gasteiger partial charge in [-0.2, -0.15) is 0 Å². The first kappa shape index (κ1) is 17.2. The van der Waals surface area contributed by atoms with Crippen molar-refractivity contribution in [2.45, 2.75) is 56.9 Å². The minimum atomic E-state index is -1.44. The summed E-state index contributed by atoms with van der Waals surface area (Å²) >= 11 is 0. The standard InChI is InChI=1S/C16H24O6/c1-16(2,3)9-4-6-10(7-5-9)21-15-14(20)13(19)12(18)11(8-17)22-15/h4-7,11-15,17-20H,8H2,1-3H3/t11-,12-,13+,14-,15?/m0/s1. The van der Waals surface area contributed by atoms with Crippen molar-refractivity contribution < 1.29 is 29.9 Å². The Kier molecular flexibility index (Phi) is 5.09. The van der Waals surface area contributed by atoms with Gasteiger partial charge in [-0.15, -0.1) is 0 Å². The molecule has 124 valence electrons. The summed E-state index contributed by atoms with van der Waals surface area (Å²) in [6.45, 7) is 5.81. The Labute approximate surface area is 129 Å². The van der Waals surface area contributed by atoms with Gasteiger partial charge in [-0.3, -0.25) is 0 Å². The maximum Gasteiger partial charge on any atom is 0.229 e. The largest absolute Gasteiger partial charge is 0.462 e. The Morgan fingerprint density at radius 3 is 2.09 bits per heavy atom. The van der Waals surface area contributed by atoms with Gasteiger partial charge in [0.15, 0.2) is 0 Å². The normalized spacial score (nSPS) is 32.8. The second-order valence-corrected chi connectivity index (χ2v) is 6.59. The third-order valence-electron chi connectivity index (χ3n) is 3.82. The smallest absolute Gasteiger partial charge is 0.229 e. The maximum atomic E-state index is 9.92. The zero-order chi connectivity index (χ0) is 16.5. The molecule has 1 aliphatic heterocycles. The minimum Gasteiger partial charge on any atom is -0.462 e. The predicted octanol–water partition coefficient (Wildman–Crippen LogP) is 0.163. The SMILES string of the molecule is CC(C)(C)c1ccc(OC2O[C@@H](CO)[C@H](O)[C@@H](O)[C@@H]2O)cc1. The Balaban J connectivity index is 2.09. The van der Waals surface area contributed by atoms with Gasteiger partial charge in [0.25, 0.3) is 0 Å². The molecular weight excluding hydrogens is 288 g/mol. The van der Waals surface area contributed by atoms with Gasteiger partial charge in [-0.25, -0.2) is 0 Å². The van der Waals surface area contributed by atoms with E-state index < -0.39 is 37.3 Å². The van der Waals surface area contributed by atoms with Gasteiger partial charge in [0.1, 0.15) is 30.2 Å². The predicted molar refractivity (Wildman–Crippen MR) is 79.5 cm³/mol. The van der Waals surface area contributed by atoms with Crippen LogP contribution in [0.2, 0.25) is 0 Å². The molecule has 6 nitrogen and oxygen atoms in total. The van der Waals surface area contributed by atoms with E-state index in [0.29, 0.717) is 5.75 Å². The number of rotatable bonds is 3. The third kappa shape index (κ3) is 3.59. The van der Waals surface area contributed by atoms with Crippen LogP contribution in [-0.2, 0) is 10.2 Å². The minimum absolute atomic E-state index is 0.0155. The molecule has 4 N–H and O–H groups in total. The fourth-order valence-corrected chi connectivity index (χ4v) is 2.33. The van der Waals surface area contributed by atoms with E-state index in [1.807, 2.05) is 12.1 Å². The van der Waals surface area contributed by atoms with E-state index in [4.69, 9.17) is 14.6 Å².